The van der Waals surface area contributed by atoms with Gasteiger partial charge in [0.1, 0.15) is 27.3 Å². The molecule has 2 aliphatic rings. The third kappa shape index (κ3) is 15.4. The van der Waals surface area contributed by atoms with Crippen molar-refractivity contribution in [1.82, 2.24) is 30.6 Å². The van der Waals surface area contributed by atoms with Gasteiger partial charge in [0.05, 0.1) is 31.8 Å². The first-order valence-electron chi connectivity index (χ1n) is 18.1. The number of alkyl halides is 7. The molecule has 59 heavy (non-hydrogen) atoms. The second-order valence-electron chi connectivity index (χ2n) is 12.5. The molecule has 2 fully saturated rings. The van der Waals surface area contributed by atoms with Crippen LogP contribution in [0.1, 0.15) is 61.0 Å². The van der Waals surface area contributed by atoms with Crippen LogP contribution >= 0.6 is 34.8 Å². The molecular weight excluding hydrogens is 854 g/mol. The van der Waals surface area contributed by atoms with Gasteiger partial charge in [-0.05, 0) is 67.5 Å². The summed E-state index contributed by atoms with van der Waals surface area (Å²) in [6.45, 7) is 1.45. The van der Waals surface area contributed by atoms with Crippen LogP contribution in [0.2, 0.25) is 15.5 Å². The predicted molar refractivity (Wildman–Crippen MR) is 205 cm³/mol. The third-order valence-corrected chi connectivity index (χ3v) is 9.12. The molecule has 0 bridgehead atoms. The SMILES string of the molecule is FC(F)(F)c1nc(Cl)cc(Cl)n1.N#Cc1ccc(CCNC(=O)C2CCC2)cc1.N#Cc1ccc(CCNC(=O)[C@@H]2CCN2c2cc(Cl)nc(C(F)(F)F)n2)cc1.[2H]CF. The van der Waals surface area contributed by atoms with Crippen LogP contribution in [0, 0.1) is 28.6 Å². The summed E-state index contributed by atoms with van der Waals surface area (Å²) in [5.74, 6) is -2.52. The van der Waals surface area contributed by atoms with E-state index in [9.17, 15) is 40.3 Å². The van der Waals surface area contributed by atoms with Crippen LogP contribution in [0.3, 0.4) is 0 Å². The average Bonchev–Trinajstić information content (AvgIpc) is 3.14. The number of benzene rings is 2. The van der Waals surface area contributed by atoms with Crippen molar-refractivity contribution in [2.24, 2.45) is 5.92 Å². The minimum absolute atomic E-state index is 0.0224. The van der Waals surface area contributed by atoms with Crippen LogP contribution in [0.4, 0.5) is 36.6 Å². The Hall–Kier alpha value is -5.30. The Morgan fingerprint density at radius 3 is 1.54 bits per heavy atom. The van der Waals surface area contributed by atoms with E-state index in [1.165, 1.54) is 17.4 Å². The zero-order chi connectivity index (χ0) is 44.5. The maximum Gasteiger partial charge on any atom is 0.451 e. The molecule has 21 heteroatoms. The van der Waals surface area contributed by atoms with Gasteiger partial charge in [-0.1, -0.05) is 65.5 Å². The summed E-state index contributed by atoms with van der Waals surface area (Å²) >= 11 is 16.1. The summed E-state index contributed by atoms with van der Waals surface area (Å²) in [7, 11) is -1.00. The van der Waals surface area contributed by atoms with Gasteiger partial charge in [-0.2, -0.15) is 36.9 Å². The summed E-state index contributed by atoms with van der Waals surface area (Å²) in [5, 5.41) is 22.2. The van der Waals surface area contributed by atoms with Crippen molar-refractivity contribution in [1.29, 1.82) is 10.5 Å². The van der Waals surface area contributed by atoms with Crippen LogP contribution in [-0.4, -0.2) is 64.6 Å². The Balaban J connectivity index is 0.000000254. The van der Waals surface area contributed by atoms with Crippen molar-refractivity contribution in [3.8, 4) is 12.1 Å². The van der Waals surface area contributed by atoms with Crippen molar-refractivity contribution in [3.05, 3.63) is 110 Å². The number of nitriles is 2. The number of amides is 2. The fourth-order valence-electron chi connectivity index (χ4n) is 5.22. The van der Waals surface area contributed by atoms with Crippen molar-refractivity contribution < 1.29 is 41.7 Å². The zero-order valence-electron chi connectivity index (χ0n) is 31.7. The molecule has 0 spiro atoms. The molecule has 2 N–H and O–H groups in total. The summed E-state index contributed by atoms with van der Waals surface area (Å²) in [6.07, 6.45) is -4.16. The van der Waals surface area contributed by atoms with Gasteiger partial charge in [0, 0.05) is 37.7 Å². The largest absolute Gasteiger partial charge is 0.451 e. The number of rotatable bonds is 9. The Labute approximate surface area is 350 Å². The summed E-state index contributed by atoms with van der Waals surface area (Å²) in [4.78, 5) is 38.0. The molecule has 314 valence electrons. The molecule has 3 heterocycles. The number of nitrogens with zero attached hydrogens (tertiary/aromatic N) is 7. The summed E-state index contributed by atoms with van der Waals surface area (Å²) in [5.41, 5.74) is 3.34. The number of anilines is 1. The Morgan fingerprint density at radius 1 is 0.746 bits per heavy atom. The lowest BCUT2D eigenvalue weighted by Gasteiger charge is -2.40. The molecule has 11 nitrogen and oxygen atoms in total. The Kier molecular flexibility index (Phi) is 17.9. The topological polar surface area (TPSA) is 161 Å². The molecule has 2 aromatic carbocycles. The highest BCUT2D eigenvalue weighted by Gasteiger charge is 2.39. The molecular formula is C38H35Cl3F7N9O2. The first-order chi connectivity index (χ1) is 28.4. The monoisotopic (exact) mass is 888 g/mol. The summed E-state index contributed by atoms with van der Waals surface area (Å²) in [6, 6.07) is 20.3. The lowest BCUT2D eigenvalue weighted by Crippen LogP contribution is -2.57. The van der Waals surface area contributed by atoms with Crippen LogP contribution in [0.25, 0.3) is 0 Å². The van der Waals surface area contributed by atoms with Gasteiger partial charge >= 0.3 is 12.4 Å². The number of carbonyl (C=O) groups excluding carboxylic acids is 2. The first-order valence-corrected chi connectivity index (χ1v) is 18.6. The second-order valence-corrected chi connectivity index (χ2v) is 13.7. The van der Waals surface area contributed by atoms with E-state index in [0.717, 1.165) is 36.5 Å². The first kappa shape index (κ1) is 46.4. The van der Waals surface area contributed by atoms with Gasteiger partial charge in [0.2, 0.25) is 23.5 Å². The molecule has 1 saturated carbocycles. The molecule has 0 radical (unpaired) electrons. The molecule has 1 saturated heterocycles. The molecule has 1 aliphatic carbocycles. The highest BCUT2D eigenvalue weighted by atomic mass is 35.5. The highest BCUT2D eigenvalue weighted by Crippen LogP contribution is 2.32. The number of nitrogens with one attached hydrogen (secondary N) is 2. The molecule has 4 aromatic rings. The lowest BCUT2D eigenvalue weighted by atomic mass is 9.85. The number of halogens is 10. The second kappa shape index (κ2) is 22.7. The number of hydrogen-bond donors (Lipinski definition) is 2. The lowest BCUT2D eigenvalue weighted by molar-refractivity contribution is -0.145. The Morgan fingerprint density at radius 2 is 1.17 bits per heavy atom. The van der Waals surface area contributed by atoms with Crippen LogP contribution in [0.5, 0.6) is 0 Å². The quantitative estimate of drug-likeness (QED) is 0.124. The van der Waals surface area contributed by atoms with E-state index in [1.54, 1.807) is 12.1 Å². The third-order valence-electron chi connectivity index (χ3n) is 8.54. The summed E-state index contributed by atoms with van der Waals surface area (Å²) < 4.78 is 89.8. The van der Waals surface area contributed by atoms with Crippen LogP contribution in [0.15, 0.2) is 60.7 Å². The van der Waals surface area contributed by atoms with Gasteiger partial charge in [-0.3, -0.25) is 14.0 Å². The maximum atomic E-state index is 12.9. The highest BCUT2D eigenvalue weighted by molar-refractivity contribution is 6.33. The molecule has 2 aromatic heterocycles. The molecule has 6 rings (SSSR count). The molecule has 0 unspecified atom stereocenters. The normalized spacial score (nSPS) is 14.7. The zero-order valence-corrected chi connectivity index (χ0v) is 33.0. The van der Waals surface area contributed by atoms with Crippen molar-refractivity contribution in [2.45, 2.75) is 56.9 Å². The molecule has 1 aliphatic heterocycles. The maximum absolute atomic E-state index is 12.9. The van der Waals surface area contributed by atoms with Gasteiger partial charge in [0.15, 0.2) is 0 Å². The van der Waals surface area contributed by atoms with E-state index in [-0.39, 0.29) is 39.0 Å². The van der Waals surface area contributed by atoms with Gasteiger partial charge < -0.3 is 15.5 Å². The fraction of sp³-hybridized carbons (Fsp3) is 0.368. The van der Waals surface area contributed by atoms with Crippen molar-refractivity contribution in [3.63, 3.8) is 0 Å². The molecule has 2 amide bonds. The van der Waals surface area contributed by atoms with Crippen molar-refractivity contribution in [2.75, 3.05) is 31.7 Å². The van der Waals surface area contributed by atoms with Crippen LogP contribution in [-0.2, 0) is 34.8 Å². The van der Waals surface area contributed by atoms with E-state index in [4.69, 9.17) is 46.7 Å². The minimum Gasteiger partial charge on any atom is -0.356 e. The van der Waals surface area contributed by atoms with E-state index in [1.807, 2.05) is 42.5 Å². The average molecular weight is 890 g/mol. The van der Waals surface area contributed by atoms with E-state index in [2.05, 4.69) is 36.6 Å². The standard InChI is InChI=1S/C18H15ClF3N5O.C14H16N2O.C5HCl2F3N2.CH3F/c19-14-9-15(26-17(25-14)18(20,21)22)27-8-6-13(27)16(28)24-7-5-11-1-3-12(10-23)4-2-11;15-10-12-6-4-11(5-7-12)8-9-16-14(17)13-2-1-3-13;6-2-1-3(7)12-4(11-2)5(8,9)10;1-2/h1-4,9,13H,5-8H2,(H,24,28);4-7,13H,1-3,8-9H2,(H,16,17);1H;1H3/t13-;;;/m0.../s1/i;;;1D. The smallest absolute Gasteiger partial charge is 0.356 e. The minimum atomic E-state index is -4.72. The van der Waals surface area contributed by atoms with E-state index >= 15 is 0 Å². The van der Waals surface area contributed by atoms with Crippen molar-refractivity contribution >= 4 is 52.4 Å². The number of aromatic nitrogens is 4. The predicted octanol–water partition coefficient (Wildman–Crippen LogP) is 8.36. The van der Waals surface area contributed by atoms with Crippen LogP contribution < -0.4 is 15.5 Å². The Bertz CT molecular complexity index is 2100. The molecule has 1 atom stereocenters. The number of carbonyl (C=O) groups is 2. The van der Waals surface area contributed by atoms with Gasteiger partial charge in [-0.25, -0.2) is 19.9 Å². The van der Waals surface area contributed by atoms with Gasteiger partial charge in [-0.15, -0.1) is 0 Å². The fourth-order valence-corrected chi connectivity index (χ4v) is 5.82. The van der Waals surface area contributed by atoms with Gasteiger partial charge in [0.25, 0.3) is 0 Å². The van der Waals surface area contributed by atoms with E-state index in [0.29, 0.717) is 43.6 Å². The number of hydrogen-bond acceptors (Lipinski definition) is 9. The van der Waals surface area contributed by atoms with E-state index < -0.39 is 37.2 Å².